The van der Waals surface area contributed by atoms with Crippen LogP contribution in [0, 0.1) is 6.92 Å². The zero-order chi connectivity index (χ0) is 17.6. The number of amides is 1. The van der Waals surface area contributed by atoms with Gasteiger partial charge in [-0.2, -0.15) is 0 Å². The summed E-state index contributed by atoms with van der Waals surface area (Å²) in [5.41, 5.74) is 2.70. The Morgan fingerprint density at radius 1 is 1.12 bits per heavy atom. The van der Waals surface area contributed by atoms with Crippen LogP contribution in [0.4, 0.5) is 11.6 Å². The van der Waals surface area contributed by atoms with E-state index in [4.69, 9.17) is 11.6 Å². The summed E-state index contributed by atoms with van der Waals surface area (Å²) >= 11 is 5.93. The second-order valence-corrected chi connectivity index (χ2v) is 5.79. The van der Waals surface area contributed by atoms with Gasteiger partial charge in [-0.3, -0.25) is 9.78 Å². The molecule has 6 nitrogen and oxygen atoms in total. The summed E-state index contributed by atoms with van der Waals surface area (Å²) in [7, 11) is 0. The van der Waals surface area contributed by atoms with Crippen molar-refractivity contribution in [2.75, 3.05) is 10.6 Å². The van der Waals surface area contributed by atoms with Crippen molar-refractivity contribution < 1.29 is 4.79 Å². The molecule has 0 saturated heterocycles. The van der Waals surface area contributed by atoms with Crippen LogP contribution in [0.5, 0.6) is 0 Å². The number of aryl methyl sites for hydroxylation is 1. The molecule has 0 bridgehead atoms. The molecule has 0 atom stereocenters. The van der Waals surface area contributed by atoms with E-state index in [0.29, 0.717) is 23.2 Å². The van der Waals surface area contributed by atoms with Gasteiger partial charge in [0.2, 0.25) is 5.95 Å². The average Bonchev–Trinajstić information content (AvgIpc) is 2.63. The predicted molar refractivity (Wildman–Crippen MR) is 97.7 cm³/mol. The topological polar surface area (TPSA) is 79.8 Å². The third kappa shape index (κ3) is 4.51. The lowest BCUT2D eigenvalue weighted by Gasteiger charge is -2.09. The fourth-order valence-electron chi connectivity index (χ4n) is 2.20. The fourth-order valence-corrected chi connectivity index (χ4v) is 2.42. The maximum atomic E-state index is 12.4. The van der Waals surface area contributed by atoms with Crippen LogP contribution in [-0.2, 0) is 6.54 Å². The van der Waals surface area contributed by atoms with Gasteiger partial charge in [-0.1, -0.05) is 17.7 Å². The van der Waals surface area contributed by atoms with Crippen molar-refractivity contribution >= 4 is 29.1 Å². The van der Waals surface area contributed by atoms with Crippen molar-refractivity contribution in [2.24, 2.45) is 0 Å². The predicted octanol–water partition coefficient (Wildman–Crippen LogP) is 3.70. The second-order valence-electron chi connectivity index (χ2n) is 5.35. The minimum absolute atomic E-state index is 0.271. The van der Waals surface area contributed by atoms with Crippen LogP contribution in [0.2, 0.25) is 5.02 Å². The Bertz CT molecular complexity index is 886. The Kier molecular flexibility index (Phi) is 5.20. The van der Waals surface area contributed by atoms with E-state index in [-0.39, 0.29) is 11.6 Å². The first-order valence-corrected chi connectivity index (χ1v) is 8.04. The van der Waals surface area contributed by atoms with Crippen molar-refractivity contribution in [3.05, 3.63) is 76.8 Å². The summed E-state index contributed by atoms with van der Waals surface area (Å²) in [6.45, 7) is 2.35. The van der Waals surface area contributed by atoms with Crippen LogP contribution >= 0.6 is 11.6 Å². The maximum Gasteiger partial charge on any atom is 0.274 e. The first-order valence-electron chi connectivity index (χ1n) is 7.66. The molecule has 3 rings (SSSR count). The molecule has 3 aromatic rings. The molecular weight excluding hydrogens is 338 g/mol. The number of carbonyl (C=O) groups is 1. The first kappa shape index (κ1) is 16.9. The quantitative estimate of drug-likeness (QED) is 0.731. The molecule has 7 heteroatoms. The minimum atomic E-state index is -0.311. The summed E-state index contributed by atoms with van der Waals surface area (Å²) in [6.07, 6.45) is 3.26. The lowest BCUT2D eigenvalue weighted by molar-refractivity contribution is 0.102. The average molecular weight is 354 g/mol. The normalized spacial score (nSPS) is 10.3. The number of benzene rings is 1. The molecule has 0 fully saturated rings. The van der Waals surface area contributed by atoms with E-state index in [9.17, 15) is 4.79 Å². The van der Waals surface area contributed by atoms with Crippen molar-refractivity contribution in [1.29, 1.82) is 0 Å². The number of carbonyl (C=O) groups excluding carboxylic acids is 1. The lowest BCUT2D eigenvalue weighted by Crippen LogP contribution is -2.16. The highest BCUT2D eigenvalue weighted by Gasteiger charge is 2.11. The number of anilines is 2. The molecule has 0 aliphatic rings. The number of aromatic nitrogens is 3. The van der Waals surface area contributed by atoms with Gasteiger partial charge in [-0.05, 0) is 48.9 Å². The molecule has 1 amide bonds. The van der Waals surface area contributed by atoms with Gasteiger partial charge in [-0.15, -0.1) is 0 Å². The summed E-state index contributed by atoms with van der Waals surface area (Å²) in [6, 6.07) is 12.5. The Hall–Kier alpha value is -2.99. The van der Waals surface area contributed by atoms with Crippen molar-refractivity contribution in [3.63, 3.8) is 0 Å². The number of hydrogen-bond donors (Lipinski definition) is 2. The summed E-state index contributed by atoms with van der Waals surface area (Å²) in [5, 5.41) is 6.51. The Morgan fingerprint density at radius 3 is 2.76 bits per heavy atom. The summed E-state index contributed by atoms with van der Waals surface area (Å²) in [5.74, 6) is 0.0554. The van der Waals surface area contributed by atoms with E-state index in [1.807, 2.05) is 25.1 Å². The third-order valence-electron chi connectivity index (χ3n) is 3.48. The highest BCUT2D eigenvalue weighted by molar-refractivity contribution is 6.30. The summed E-state index contributed by atoms with van der Waals surface area (Å²) < 4.78 is 0. The Labute approximate surface area is 150 Å². The van der Waals surface area contributed by atoms with Gasteiger partial charge in [-0.25, -0.2) is 9.97 Å². The largest absolute Gasteiger partial charge is 0.349 e. The van der Waals surface area contributed by atoms with Crippen LogP contribution in [0.15, 0.2) is 54.9 Å². The van der Waals surface area contributed by atoms with Crippen LogP contribution in [0.25, 0.3) is 0 Å². The molecule has 1 aromatic carbocycles. The van der Waals surface area contributed by atoms with Crippen LogP contribution in [0.3, 0.4) is 0 Å². The van der Waals surface area contributed by atoms with E-state index in [0.717, 1.165) is 11.3 Å². The monoisotopic (exact) mass is 353 g/mol. The smallest absolute Gasteiger partial charge is 0.274 e. The number of nitrogens with zero attached hydrogens (tertiary/aromatic N) is 3. The number of pyridine rings is 1. The van der Waals surface area contributed by atoms with E-state index >= 15 is 0 Å². The maximum absolute atomic E-state index is 12.4. The molecule has 0 spiro atoms. The van der Waals surface area contributed by atoms with E-state index in [1.165, 1.54) is 6.20 Å². The molecule has 2 N–H and O–H groups in total. The number of rotatable bonds is 5. The molecule has 0 saturated carbocycles. The van der Waals surface area contributed by atoms with Gasteiger partial charge in [0, 0.05) is 23.1 Å². The van der Waals surface area contributed by atoms with Crippen molar-refractivity contribution in [1.82, 2.24) is 15.0 Å². The van der Waals surface area contributed by atoms with E-state index < -0.39 is 0 Å². The zero-order valence-corrected chi connectivity index (χ0v) is 14.3. The minimum Gasteiger partial charge on any atom is -0.349 e. The highest BCUT2D eigenvalue weighted by Crippen LogP contribution is 2.20. The summed E-state index contributed by atoms with van der Waals surface area (Å²) in [4.78, 5) is 25.0. The highest BCUT2D eigenvalue weighted by atomic mass is 35.5. The number of halogens is 1. The van der Waals surface area contributed by atoms with E-state index in [2.05, 4.69) is 25.6 Å². The zero-order valence-electron chi connectivity index (χ0n) is 13.5. The van der Waals surface area contributed by atoms with Crippen LogP contribution < -0.4 is 10.6 Å². The van der Waals surface area contributed by atoms with Gasteiger partial charge in [0.05, 0.1) is 12.2 Å². The number of hydrogen-bond acceptors (Lipinski definition) is 5. The van der Waals surface area contributed by atoms with Crippen molar-refractivity contribution in [2.45, 2.75) is 13.5 Å². The Morgan fingerprint density at radius 2 is 2.00 bits per heavy atom. The first-order chi connectivity index (χ1) is 12.1. The molecule has 2 heterocycles. The molecular formula is C18H16ClN5O. The van der Waals surface area contributed by atoms with Gasteiger partial charge in [0.1, 0.15) is 5.69 Å². The van der Waals surface area contributed by atoms with Gasteiger partial charge >= 0.3 is 0 Å². The molecule has 0 unspecified atom stereocenters. The lowest BCUT2D eigenvalue weighted by atomic mass is 10.2. The standard InChI is InChI=1S/C18H16ClN5O/c1-12-10-13(19)5-6-15(12)23-17(25)16-7-9-21-18(24-16)22-11-14-4-2-3-8-20-14/h2-10H,11H2,1H3,(H,23,25)(H,21,22,24). The molecule has 25 heavy (non-hydrogen) atoms. The molecule has 0 aliphatic heterocycles. The SMILES string of the molecule is Cc1cc(Cl)ccc1NC(=O)c1ccnc(NCc2ccccn2)n1. The van der Waals surface area contributed by atoms with Crippen LogP contribution in [0.1, 0.15) is 21.7 Å². The van der Waals surface area contributed by atoms with Gasteiger partial charge in [0.25, 0.3) is 5.91 Å². The Balaban J connectivity index is 1.69. The van der Waals surface area contributed by atoms with Gasteiger partial charge in [0.15, 0.2) is 0 Å². The van der Waals surface area contributed by atoms with Gasteiger partial charge < -0.3 is 10.6 Å². The molecule has 2 aromatic heterocycles. The fraction of sp³-hybridized carbons (Fsp3) is 0.111. The van der Waals surface area contributed by atoms with E-state index in [1.54, 1.807) is 30.5 Å². The third-order valence-corrected chi connectivity index (χ3v) is 3.71. The second kappa shape index (κ2) is 7.72. The number of nitrogens with one attached hydrogen (secondary N) is 2. The van der Waals surface area contributed by atoms with Crippen LogP contribution in [-0.4, -0.2) is 20.9 Å². The molecule has 126 valence electrons. The molecule has 0 radical (unpaired) electrons. The molecule has 0 aliphatic carbocycles. The van der Waals surface area contributed by atoms with Crippen molar-refractivity contribution in [3.8, 4) is 0 Å².